The van der Waals surface area contributed by atoms with Crippen LogP contribution < -0.4 is 4.90 Å². The Kier molecular flexibility index (Phi) is 7.62. The molecule has 0 bridgehead atoms. The molecule has 1 fully saturated rings. The van der Waals surface area contributed by atoms with Crippen molar-refractivity contribution in [2.24, 2.45) is 5.92 Å². The van der Waals surface area contributed by atoms with E-state index in [1.165, 1.54) is 0 Å². The second-order valence-corrected chi connectivity index (χ2v) is 10.0. The molecule has 1 amide bonds. The van der Waals surface area contributed by atoms with E-state index >= 15 is 0 Å². The van der Waals surface area contributed by atoms with Gasteiger partial charge in [-0.2, -0.15) is 5.26 Å². The molecule has 1 aliphatic rings. The zero-order valence-corrected chi connectivity index (χ0v) is 21.8. The first-order valence-corrected chi connectivity index (χ1v) is 13.0. The van der Waals surface area contributed by atoms with Crippen LogP contribution in [0.3, 0.4) is 0 Å². The summed E-state index contributed by atoms with van der Waals surface area (Å²) in [6.07, 6.45) is 1.63. The van der Waals surface area contributed by atoms with Gasteiger partial charge in [0, 0.05) is 37.1 Å². The Bertz CT molecular complexity index is 1490. The largest absolute Gasteiger partial charge is 0.378 e. The first-order chi connectivity index (χ1) is 18.5. The minimum absolute atomic E-state index is 0.0702. The molecule has 192 valence electrons. The smallest absolute Gasteiger partial charge is 0.254 e. The molecule has 3 aromatic carbocycles. The summed E-state index contributed by atoms with van der Waals surface area (Å²) in [5.74, 6) is 1.17. The van der Waals surface area contributed by atoms with E-state index in [2.05, 4.69) is 65.1 Å². The van der Waals surface area contributed by atoms with E-state index in [0.29, 0.717) is 43.3 Å². The summed E-state index contributed by atoms with van der Waals surface area (Å²) in [5.41, 5.74) is 5.13. The van der Waals surface area contributed by atoms with Gasteiger partial charge in [-0.05, 0) is 59.0 Å². The highest BCUT2D eigenvalue weighted by Gasteiger charge is 2.19. The van der Waals surface area contributed by atoms with E-state index < -0.39 is 0 Å². The molecule has 4 aromatic rings. The molecule has 5 rings (SSSR count). The van der Waals surface area contributed by atoms with E-state index in [1.807, 2.05) is 17.0 Å². The first-order valence-electron chi connectivity index (χ1n) is 13.0. The van der Waals surface area contributed by atoms with E-state index in [0.717, 1.165) is 46.5 Å². The molecular formula is C31H31N5O2. The topological polar surface area (TPSA) is 82.4 Å². The zero-order valence-electron chi connectivity index (χ0n) is 21.8. The lowest BCUT2D eigenvalue weighted by Gasteiger charge is -2.28. The lowest BCUT2D eigenvalue weighted by molar-refractivity contribution is 0.0722. The van der Waals surface area contributed by atoms with E-state index in [-0.39, 0.29) is 5.91 Å². The predicted molar refractivity (Wildman–Crippen MR) is 149 cm³/mol. The Hall–Kier alpha value is -4.28. The predicted octanol–water partition coefficient (Wildman–Crippen LogP) is 5.30. The van der Waals surface area contributed by atoms with E-state index in [4.69, 9.17) is 4.74 Å². The van der Waals surface area contributed by atoms with Crippen molar-refractivity contribution in [3.8, 4) is 17.2 Å². The van der Waals surface area contributed by atoms with Gasteiger partial charge >= 0.3 is 0 Å². The molecule has 0 saturated carbocycles. The van der Waals surface area contributed by atoms with Crippen molar-refractivity contribution < 1.29 is 9.53 Å². The summed E-state index contributed by atoms with van der Waals surface area (Å²) in [6, 6.07) is 23.6. The second-order valence-electron chi connectivity index (χ2n) is 10.0. The number of carbonyl (C=O) groups is 1. The van der Waals surface area contributed by atoms with Crippen LogP contribution in [-0.4, -0.2) is 53.6 Å². The van der Waals surface area contributed by atoms with Gasteiger partial charge in [0.2, 0.25) is 0 Å². The molecular weight excluding hydrogens is 474 g/mol. The van der Waals surface area contributed by atoms with Crippen LogP contribution >= 0.6 is 0 Å². The molecule has 1 saturated heterocycles. The maximum atomic E-state index is 13.4. The van der Waals surface area contributed by atoms with Gasteiger partial charge in [-0.15, -0.1) is 0 Å². The van der Waals surface area contributed by atoms with Gasteiger partial charge in [-0.3, -0.25) is 4.79 Å². The third-order valence-corrected chi connectivity index (χ3v) is 6.67. The number of anilines is 1. The fourth-order valence-corrected chi connectivity index (χ4v) is 4.88. The van der Waals surface area contributed by atoms with Crippen molar-refractivity contribution >= 4 is 22.6 Å². The SMILES string of the molecule is CC(C)CN(Cc1cccc(-c2ccc3ncnc(N4CCOCC4)c3c2)c1)C(=O)c1cccc(C#N)c1. The molecule has 0 spiro atoms. The van der Waals surface area contributed by atoms with Gasteiger partial charge in [-0.1, -0.05) is 44.2 Å². The monoisotopic (exact) mass is 505 g/mol. The van der Waals surface area contributed by atoms with Crippen molar-refractivity contribution in [3.05, 3.63) is 89.7 Å². The lowest BCUT2D eigenvalue weighted by atomic mass is 10.0. The summed E-state index contributed by atoms with van der Waals surface area (Å²) in [5, 5.41) is 10.3. The number of amides is 1. The fourth-order valence-electron chi connectivity index (χ4n) is 4.88. The number of hydrogen-bond donors (Lipinski definition) is 0. The van der Waals surface area contributed by atoms with Crippen LogP contribution in [0.1, 0.15) is 35.3 Å². The molecule has 0 radical (unpaired) electrons. The third kappa shape index (κ3) is 5.66. The molecule has 7 heteroatoms. The Labute approximate surface area is 223 Å². The van der Waals surface area contributed by atoms with Crippen LogP contribution in [-0.2, 0) is 11.3 Å². The van der Waals surface area contributed by atoms with Crippen molar-refractivity contribution in [1.29, 1.82) is 5.26 Å². The highest BCUT2D eigenvalue weighted by atomic mass is 16.5. The number of aromatic nitrogens is 2. The molecule has 2 heterocycles. The average Bonchev–Trinajstić information content (AvgIpc) is 2.96. The number of carbonyl (C=O) groups excluding carboxylic acids is 1. The van der Waals surface area contributed by atoms with Crippen LogP contribution in [0.15, 0.2) is 73.1 Å². The van der Waals surface area contributed by atoms with Crippen molar-refractivity contribution in [3.63, 3.8) is 0 Å². The summed E-state index contributed by atoms with van der Waals surface area (Å²) >= 11 is 0. The van der Waals surface area contributed by atoms with Gasteiger partial charge in [0.25, 0.3) is 5.91 Å². The normalized spacial score (nSPS) is 13.5. The number of ether oxygens (including phenoxy) is 1. The Morgan fingerprint density at radius 3 is 2.61 bits per heavy atom. The molecule has 38 heavy (non-hydrogen) atoms. The first kappa shape index (κ1) is 25.4. The van der Waals surface area contributed by atoms with Crippen LogP contribution in [0.2, 0.25) is 0 Å². The molecule has 0 aliphatic carbocycles. The summed E-state index contributed by atoms with van der Waals surface area (Å²) in [6.45, 7) is 8.32. The number of nitrogens with zero attached hydrogens (tertiary/aromatic N) is 5. The van der Waals surface area contributed by atoms with Gasteiger partial charge in [-0.25, -0.2) is 9.97 Å². The Balaban J connectivity index is 1.44. The summed E-state index contributed by atoms with van der Waals surface area (Å²) < 4.78 is 5.52. The van der Waals surface area contributed by atoms with Crippen molar-refractivity contribution in [2.75, 3.05) is 37.7 Å². The minimum atomic E-state index is -0.0702. The number of fused-ring (bicyclic) bond motifs is 1. The average molecular weight is 506 g/mol. The number of nitriles is 1. The maximum Gasteiger partial charge on any atom is 0.254 e. The molecule has 1 aliphatic heterocycles. The van der Waals surface area contributed by atoms with Gasteiger partial charge in [0.15, 0.2) is 0 Å². The number of benzene rings is 3. The minimum Gasteiger partial charge on any atom is -0.378 e. The Morgan fingerprint density at radius 2 is 1.82 bits per heavy atom. The van der Waals surface area contributed by atoms with Gasteiger partial charge in [0.05, 0.1) is 30.4 Å². The fraction of sp³-hybridized carbons (Fsp3) is 0.290. The van der Waals surface area contributed by atoms with Crippen LogP contribution in [0.5, 0.6) is 0 Å². The van der Waals surface area contributed by atoms with Gasteiger partial charge in [0.1, 0.15) is 12.1 Å². The second kappa shape index (κ2) is 11.4. The lowest BCUT2D eigenvalue weighted by Crippen LogP contribution is -2.36. The summed E-state index contributed by atoms with van der Waals surface area (Å²) in [7, 11) is 0. The number of morpholine rings is 1. The molecule has 0 N–H and O–H groups in total. The molecule has 0 atom stereocenters. The molecule has 1 aromatic heterocycles. The third-order valence-electron chi connectivity index (χ3n) is 6.67. The zero-order chi connectivity index (χ0) is 26.5. The van der Waals surface area contributed by atoms with Crippen molar-refractivity contribution in [2.45, 2.75) is 20.4 Å². The van der Waals surface area contributed by atoms with Crippen LogP contribution in [0.25, 0.3) is 22.0 Å². The Morgan fingerprint density at radius 1 is 1.03 bits per heavy atom. The highest BCUT2D eigenvalue weighted by molar-refractivity contribution is 5.95. The molecule has 7 nitrogen and oxygen atoms in total. The van der Waals surface area contributed by atoms with E-state index in [9.17, 15) is 10.1 Å². The van der Waals surface area contributed by atoms with Gasteiger partial charge < -0.3 is 14.5 Å². The molecule has 0 unspecified atom stereocenters. The number of hydrogen-bond acceptors (Lipinski definition) is 6. The standard InChI is InChI=1S/C31H31N5O2/c1-22(2)19-36(31(37)27-8-3-5-23(15-27)18-32)20-24-6-4-7-25(16-24)26-9-10-29-28(17-26)30(34-21-33-29)35-11-13-38-14-12-35/h3-10,15-17,21-22H,11-14,19-20H2,1-2H3. The van der Waals surface area contributed by atoms with E-state index in [1.54, 1.807) is 30.6 Å². The van der Waals surface area contributed by atoms with Crippen LogP contribution in [0.4, 0.5) is 5.82 Å². The van der Waals surface area contributed by atoms with Crippen molar-refractivity contribution in [1.82, 2.24) is 14.9 Å². The highest BCUT2D eigenvalue weighted by Crippen LogP contribution is 2.30. The quantitative estimate of drug-likeness (QED) is 0.339. The summed E-state index contributed by atoms with van der Waals surface area (Å²) in [4.78, 5) is 26.6. The van der Waals surface area contributed by atoms with Crippen LogP contribution in [0, 0.1) is 17.2 Å². The number of rotatable bonds is 7. The maximum absolute atomic E-state index is 13.4.